The van der Waals surface area contributed by atoms with Crippen molar-refractivity contribution >= 4 is 34.1 Å². The van der Waals surface area contributed by atoms with E-state index in [1.807, 2.05) is 61.7 Å². The number of carboxylic acids is 1. The minimum atomic E-state index is -0.995. The highest BCUT2D eigenvalue weighted by atomic mass is 19.1. The molecule has 7 heteroatoms. The number of hydrogen-bond acceptors (Lipinski definition) is 4. The number of rotatable bonds is 8. The lowest BCUT2D eigenvalue weighted by Gasteiger charge is -2.32. The number of aromatic nitrogens is 3. The molecule has 2 aromatic heterocycles. The maximum Gasteiger partial charge on any atom is 0.328 e. The molecule has 37 heavy (non-hydrogen) atoms. The van der Waals surface area contributed by atoms with Gasteiger partial charge in [-0.3, -0.25) is 5.10 Å². The van der Waals surface area contributed by atoms with E-state index in [0.717, 1.165) is 58.7 Å². The molecule has 2 heterocycles. The number of H-pyrrole nitrogens is 1. The number of ether oxygens (including phenoxy) is 1. The summed E-state index contributed by atoms with van der Waals surface area (Å²) in [5.74, 6) is -0.528. The Morgan fingerprint density at radius 2 is 1.92 bits per heavy atom. The Bertz CT molecular complexity index is 1520. The monoisotopic (exact) mass is 497 g/mol. The van der Waals surface area contributed by atoms with Crippen LogP contribution in [0.25, 0.3) is 28.1 Å². The fraction of sp³-hybridized carbons (Fsp3) is 0.233. The number of fused-ring (bicyclic) bond motifs is 1. The van der Waals surface area contributed by atoms with Gasteiger partial charge >= 0.3 is 5.97 Å². The van der Waals surface area contributed by atoms with Gasteiger partial charge < -0.3 is 9.84 Å². The molecule has 0 saturated heterocycles. The molecule has 1 aliphatic carbocycles. The van der Waals surface area contributed by atoms with E-state index in [2.05, 4.69) is 22.1 Å². The fourth-order valence-electron chi connectivity index (χ4n) is 4.84. The van der Waals surface area contributed by atoms with Gasteiger partial charge in [0.25, 0.3) is 0 Å². The maximum atomic E-state index is 14.5. The first-order valence-corrected chi connectivity index (χ1v) is 12.4. The van der Waals surface area contributed by atoms with Gasteiger partial charge in [-0.15, -0.1) is 0 Å². The molecule has 0 spiro atoms. The molecule has 0 radical (unpaired) electrons. The van der Waals surface area contributed by atoms with Crippen LogP contribution in [-0.4, -0.2) is 32.9 Å². The molecule has 5 rings (SSSR count). The second-order valence-electron chi connectivity index (χ2n) is 9.25. The number of allylic oxidation sites excluding steroid dienone is 1. The quantitative estimate of drug-likeness (QED) is 0.266. The first-order valence-electron chi connectivity index (χ1n) is 12.4. The zero-order chi connectivity index (χ0) is 25.9. The molecule has 1 fully saturated rings. The van der Waals surface area contributed by atoms with Crippen molar-refractivity contribution in [3.8, 4) is 5.88 Å². The lowest BCUT2D eigenvalue weighted by molar-refractivity contribution is -0.131. The zero-order valence-electron chi connectivity index (χ0n) is 20.8. The van der Waals surface area contributed by atoms with E-state index in [-0.39, 0.29) is 0 Å². The van der Waals surface area contributed by atoms with E-state index in [9.17, 15) is 9.18 Å². The highest BCUT2D eigenvalue weighted by Gasteiger charge is 2.29. The summed E-state index contributed by atoms with van der Waals surface area (Å²) in [4.78, 5) is 15.5. The van der Waals surface area contributed by atoms with Crippen molar-refractivity contribution in [3.05, 3.63) is 94.6 Å². The minimum absolute atomic E-state index is 0.338. The van der Waals surface area contributed by atoms with Crippen LogP contribution in [0.2, 0.25) is 0 Å². The topological polar surface area (TPSA) is 88.1 Å². The predicted molar refractivity (Wildman–Crippen MR) is 143 cm³/mol. The third-order valence-corrected chi connectivity index (χ3v) is 6.86. The molecule has 0 aliphatic heterocycles. The fourth-order valence-corrected chi connectivity index (χ4v) is 4.84. The van der Waals surface area contributed by atoms with E-state index in [1.54, 1.807) is 6.08 Å². The first-order chi connectivity index (χ1) is 17.9. The van der Waals surface area contributed by atoms with Gasteiger partial charge in [0.15, 0.2) is 0 Å². The number of aliphatic carboxylic acids is 1. The van der Waals surface area contributed by atoms with Crippen LogP contribution in [-0.2, 0) is 4.79 Å². The molecule has 2 aromatic carbocycles. The zero-order valence-corrected chi connectivity index (χ0v) is 20.8. The van der Waals surface area contributed by atoms with E-state index >= 15 is 0 Å². The number of hydrogen-bond donors (Lipinski definition) is 2. The Hall–Kier alpha value is -4.26. The lowest BCUT2D eigenvalue weighted by atomic mass is 9.72. The van der Waals surface area contributed by atoms with E-state index in [4.69, 9.17) is 9.84 Å². The molecule has 0 unspecified atom stereocenters. The maximum absolute atomic E-state index is 14.5. The Kier molecular flexibility index (Phi) is 6.86. The highest BCUT2D eigenvalue weighted by molar-refractivity contribution is 6.01. The van der Waals surface area contributed by atoms with Gasteiger partial charge in [-0.2, -0.15) is 9.49 Å². The van der Waals surface area contributed by atoms with Crippen molar-refractivity contribution in [3.63, 3.8) is 0 Å². The summed E-state index contributed by atoms with van der Waals surface area (Å²) in [6.07, 6.45) is 7.85. The average Bonchev–Trinajstić information content (AvgIpc) is 3.22. The second-order valence-corrected chi connectivity index (χ2v) is 9.25. The van der Waals surface area contributed by atoms with Gasteiger partial charge in [-0.25, -0.2) is 9.78 Å². The predicted octanol–water partition coefficient (Wildman–Crippen LogP) is 6.66. The van der Waals surface area contributed by atoms with Crippen molar-refractivity contribution in [2.45, 2.75) is 33.1 Å². The third-order valence-electron chi connectivity index (χ3n) is 6.86. The van der Waals surface area contributed by atoms with Gasteiger partial charge in [0.05, 0.1) is 17.5 Å². The van der Waals surface area contributed by atoms with E-state index < -0.39 is 11.9 Å². The first kappa shape index (κ1) is 24.4. The summed E-state index contributed by atoms with van der Waals surface area (Å²) in [6.45, 7) is 4.54. The molecule has 6 nitrogen and oxygen atoms in total. The van der Waals surface area contributed by atoms with Gasteiger partial charge in [-0.1, -0.05) is 36.8 Å². The Morgan fingerprint density at radius 3 is 2.57 bits per heavy atom. The number of carbonyl (C=O) groups is 1. The summed E-state index contributed by atoms with van der Waals surface area (Å²) in [6, 6.07) is 15.4. The Balaban J connectivity index is 1.74. The number of nitrogens with zero attached hydrogens (tertiary/aromatic N) is 2. The molecular weight excluding hydrogens is 469 g/mol. The molecule has 1 aliphatic rings. The third kappa shape index (κ3) is 5.03. The van der Waals surface area contributed by atoms with E-state index in [0.29, 0.717) is 29.3 Å². The summed E-state index contributed by atoms with van der Waals surface area (Å²) in [7, 11) is 0. The molecule has 0 bridgehead atoms. The number of benzene rings is 2. The second kappa shape index (κ2) is 10.4. The summed E-state index contributed by atoms with van der Waals surface area (Å²) >= 11 is 0. The van der Waals surface area contributed by atoms with Crippen molar-refractivity contribution in [2.75, 3.05) is 6.61 Å². The number of aromatic amines is 1. The van der Waals surface area contributed by atoms with Crippen LogP contribution in [0.1, 0.15) is 54.0 Å². The van der Waals surface area contributed by atoms with Crippen LogP contribution in [0.4, 0.5) is 4.39 Å². The van der Waals surface area contributed by atoms with Crippen molar-refractivity contribution < 1.29 is 19.0 Å². The van der Waals surface area contributed by atoms with Gasteiger partial charge in [-0.05, 0) is 84.2 Å². The summed E-state index contributed by atoms with van der Waals surface area (Å²) < 4.78 is 20.2. The van der Waals surface area contributed by atoms with E-state index in [1.165, 1.54) is 5.57 Å². The lowest BCUT2D eigenvalue weighted by Crippen LogP contribution is -2.16. The van der Waals surface area contributed by atoms with Crippen LogP contribution in [0, 0.1) is 18.8 Å². The number of carboxylic acid groups (broad SMARTS) is 1. The average molecular weight is 498 g/mol. The SMILES string of the molecule is CCOc1cc(C)c(/C(=C(\c2ccc(/C=C/C(=O)O)cc2)c2ccc3n[nH]c(F)c3c2)C2CCC2)cn1. The normalized spacial score (nSPS) is 14.6. The van der Waals surface area contributed by atoms with Crippen molar-refractivity contribution in [1.29, 1.82) is 0 Å². The standard InChI is InChI=1S/C30H28FN3O3/c1-3-37-26-15-18(2)24(17-32-26)29(20-5-4-6-20)28(21-10-7-19(8-11-21)9-14-27(35)36)22-12-13-25-23(16-22)30(31)34-33-25/h7-17,20H,3-6H2,1-2H3,(H,33,34)(H,35,36)/b14-9+,29-28+. The highest BCUT2D eigenvalue weighted by Crippen LogP contribution is 2.46. The number of halogens is 1. The van der Waals surface area contributed by atoms with Crippen LogP contribution < -0.4 is 4.74 Å². The molecule has 0 atom stereocenters. The Labute approximate surface area is 214 Å². The Morgan fingerprint density at radius 1 is 1.16 bits per heavy atom. The minimum Gasteiger partial charge on any atom is -0.478 e. The van der Waals surface area contributed by atoms with Crippen LogP contribution >= 0.6 is 0 Å². The molecule has 0 amide bonds. The molecule has 1 saturated carbocycles. The molecule has 2 N–H and O–H groups in total. The van der Waals surface area contributed by atoms with Gasteiger partial charge in [0, 0.05) is 23.9 Å². The van der Waals surface area contributed by atoms with Crippen LogP contribution in [0.3, 0.4) is 0 Å². The van der Waals surface area contributed by atoms with Gasteiger partial charge in [0.2, 0.25) is 11.8 Å². The molecular formula is C30H28FN3O3. The van der Waals surface area contributed by atoms with Crippen LogP contribution in [0.5, 0.6) is 5.88 Å². The van der Waals surface area contributed by atoms with Crippen molar-refractivity contribution in [2.24, 2.45) is 5.92 Å². The smallest absolute Gasteiger partial charge is 0.328 e. The van der Waals surface area contributed by atoms with Crippen molar-refractivity contribution in [1.82, 2.24) is 15.2 Å². The molecule has 188 valence electrons. The molecule has 4 aromatic rings. The largest absolute Gasteiger partial charge is 0.478 e. The number of pyridine rings is 1. The summed E-state index contributed by atoms with van der Waals surface area (Å²) in [5.41, 5.74) is 7.50. The van der Waals surface area contributed by atoms with Gasteiger partial charge in [0.1, 0.15) is 0 Å². The summed E-state index contributed by atoms with van der Waals surface area (Å²) in [5, 5.41) is 15.9. The number of aryl methyl sites for hydroxylation is 1. The number of nitrogens with one attached hydrogen (secondary N) is 1. The van der Waals surface area contributed by atoms with Crippen LogP contribution in [0.15, 0.2) is 60.8 Å².